The number of nitrogens with zero attached hydrogens (tertiary/aromatic N) is 4. The van der Waals surface area contributed by atoms with Crippen LogP contribution in [0.4, 0.5) is 0 Å². The monoisotopic (exact) mass is 247 g/mol. The van der Waals surface area contributed by atoms with Crippen LogP contribution in [0, 0.1) is 19.8 Å². The van der Waals surface area contributed by atoms with Crippen molar-refractivity contribution in [3.63, 3.8) is 0 Å². The number of hydrogen-bond acceptors (Lipinski definition) is 4. The number of aromatic nitrogens is 4. The van der Waals surface area contributed by atoms with Crippen molar-refractivity contribution in [2.24, 2.45) is 5.92 Å². The summed E-state index contributed by atoms with van der Waals surface area (Å²) in [4.78, 5) is 20.2. The third kappa shape index (κ3) is 2.47. The molecule has 18 heavy (non-hydrogen) atoms. The molecule has 0 atom stereocenters. The third-order valence-corrected chi connectivity index (χ3v) is 2.49. The molecule has 1 amide bonds. The molecule has 0 unspecified atom stereocenters. The van der Waals surface area contributed by atoms with Crippen molar-refractivity contribution < 1.29 is 4.79 Å². The van der Waals surface area contributed by atoms with Gasteiger partial charge in [-0.05, 0) is 25.8 Å². The topological polar surface area (TPSA) is 72.2 Å². The van der Waals surface area contributed by atoms with Gasteiger partial charge in [0, 0.05) is 17.9 Å². The molecule has 0 saturated carbocycles. The minimum Gasteiger partial charge on any atom is -0.349 e. The second-order valence-corrected chi connectivity index (χ2v) is 4.79. The van der Waals surface area contributed by atoms with Crippen molar-refractivity contribution in [1.29, 1.82) is 0 Å². The van der Waals surface area contributed by atoms with Gasteiger partial charge in [-0.1, -0.05) is 13.8 Å². The second kappa shape index (κ2) is 4.72. The van der Waals surface area contributed by atoms with Gasteiger partial charge in [0.25, 0.3) is 11.7 Å². The maximum absolute atomic E-state index is 11.8. The molecule has 6 heteroatoms. The van der Waals surface area contributed by atoms with Gasteiger partial charge < -0.3 is 5.32 Å². The molecule has 2 aromatic heterocycles. The number of amides is 1. The molecular formula is C12H17N5O. The number of aryl methyl sites for hydroxylation is 2. The van der Waals surface area contributed by atoms with Gasteiger partial charge in [-0.25, -0.2) is 9.50 Å². The zero-order valence-corrected chi connectivity index (χ0v) is 11.1. The molecule has 96 valence electrons. The minimum absolute atomic E-state index is 0.164. The summed E-state index contributed by atoms with van der Waals surface area (Å²) in [6.07, 6.45) is 0. The van der Waals surface area contributed by atoms with Gasteiger partial charge in [-0.2, -0.15) is 4.98 Å². The molecule has 0 aliphatic rings. The molecular weight excluding hydrogens is 230 g/mol. The van der Waals surface area contributed by atoms with E-state index in [2.05, 4.69) is 20.4 Å². The number of carbonyl (C=O) groups excluding carboxylic acids is 1. The van der Waals surface area contributed by atoms with Crippen molar-refractivity contribution in [3.8, 4) is 0 Å². The lowest BCUT2D eigenvalue weighted by Crippen LogP contribution is -2.28. The quantitative estimate of drug-likeness (QED) is 0.882. The summed E-state index contributed by atoms with van der Waals surface area (Å²) in [5, 5.41) is 6.95. The number of fused-ring (bicyclic) bond motifs is 1. The van der Waals surface area contributed by atoms with E-state index in [-0.39, 0.29) is 11.7 Å². The summed E-state index contributed by atoms with van der Waals surface area (Å²) in [5.41, 5.74) is 1.77. The highest BCUT2D eigenvalue weighted by Crippen LogP contribution is 2.05. The van der Waals surface area contributed by atoms with E-state index in [4.69, 9.17) is 0 Å². The fourth-order valence-electron chi connectivity index (χ4n) is 1.64. The molecule has 1 N–H and O–H groups in total. The summed E-state index contributed by atoms with van der Waals surface area (Å²) in [5.74, 6) is 0.762. The maximum Gasteiger partial charge on any atom is 0.291 e. The van der Waals surface area contributed by atoms with Crippen LogP contribution in [-0.2, 0) is 0 Å². The van der Waals surface area contributed by atoms with Crippen LogP contribution in [0.15, 0.2) is 6.07 Å². The molecule has 2 aromatic rings. The molecule has 6 nitrogen and oxygen atoms in total. The van der Waals surface area contributed by atoms with Crippen LogP contribution in [0.2, 0.25) is 0 Å². The Morgan fingerprint density at radius 2 is 2.11 bits per heavy atom. The van der Waals surface area contributed by atoms with Crippen LogP contribution >= 0.6 is 0 Å². The van der Waals surface area contributed by atoms with Crippen molar-refractivity contribution in [2.75, 3.05) is 6.54 Å². The van der Waals surface area contributed by atoms with Gasteiger partial charge in [-0.3, -0.25) is 4.79 Å². The Morgan fingerprint density at radius 3 is 2.78 bits per heavy atom. The Labute approximate surface area is 105 Å². The zero-order valence-electron chi connectivity index (χ0n) is 11.1. The number of rotatable bonds is 3. The van der Waals surface area contributed by atoms with Gasteiger partial charge in [0.05, 0.1) is 0 Å². The first-order chi connectivity index (χ1) is 8.47. The Balaban J connectivity index is 2.30. The van der Waals surface area contributed by atoms with Gasteiger partial charge in [0.2, 0.25) is 5.82 Å². The molecule has 0 saturated heterocycles. The SMILES string of the molecule is Cc1cc(C)n2nc(C(=O)NCC(C)C)nc2n1. The van der Waals surface area contributed by atoms with Crippen LogP contribution in [0.3, 0.4) is 0 Å². The van der Waals surface area contributed by atoms with E-state index in [0.717, 1.165) is 11.4 Å². The fourth-order valence-corrected chi connectivity index (χ4v) is 1.64. The Bertz CT molecular complexity index is 587. The summed E-state index contributed by atoms with van der Waals surface area (Å²) in [6.45, 7) is 8.48. The van der Waals surface area contributed by atoms with Crippen LogP contribution in [0.25, 0.3) is 5.78 Å². The molecule has 0 aliphatic carbocycles. The van der Waals surface area contributed by atoms with Gasteiger partial charge in [-0.15, -0.1) is 5.10 Å². The van der Waals surface area contributed by atoms with E-state index in [1.54, 1.807) is 4.52 Å². The summed E-state index contributed by atoms with van der Waals surface area (Å²) in [7, 11) is 0. The Kier molecular flexibility index (Phi) is 3.27. The third-order valence-electron chi connectivity index (χ3n) is 2.49. The largest absolute Gasteiger partial charge is 0.349 e. The summed E-state index contributed by atoms with van der Waals surface area (Å²) >= 11 is 0. The van der Waals surface area contributed by atoms with Crippen molar-refractivity contribution in [1.82, 2.24) is 24.9 Å². The second-order valence-electron chi connectivity index (χ2n) is 4.79. The van der Waals surface area contributed by atoms with E-state index in [0.29, 0.717) is 18.2 Å². The van der Waals surface area contributed by atoms with Gasteiger partial charge in [0.1, 0.15) is 0 Å². The van der Waals surface area contributed by atoms with E-state index in [9.17, 15) is 4.79 Å². The lowest BCUT2D eigenvalue weighted by Gasteiger charge is -2.04. The number of nitrogens with one attached hydrogen (secondary N) is 1. The summed E-state index contributed by atoms with van der Waals surface area (Å²) in [6, 6.07) is 1.90. The molecule has 0 aliphatic heterocycles. The van der Waals surface area contributed by atoms with Crippen LogP contribution in [0.5, 0.6) is 0 Å². The highest BCUT2D eigenvalue weighted by atomic mass is 16.2. The lowest BCUT2D eigenvalue weighted by atomic mass is 10.2. The maximum atomic E-state index is 11.8. The van der Waals surface area contributed by atoms with E-state index in [1.807, 2.05) is 33.8 Å². The molecule has 0 fully saturated rings. The molecule has 0 bridgehead atoms. The molecule has 0 radical (unpaired) electrons. The normalized spacial score (nSPS) is 11.2. The number of hydrogen-bond donors (Lipinski definition) is 1. The molecule has 0 spiro atoms. The lowest BCUT2D eigenvalue weighted by molar-refractivity contribution is 0.0939. The summed E-state index contributed by atoms with van der Waals surface area (Å²) < 4.78 is 1.58. The predicted molar refractivity (Wildman–Crippen MR) is 67.4 cm³/mol. The van der Waals surface area contributed by atoms with Crippen molar-refractivity contribution in [3.05, 3.63) is 23.3 Å². The first-order valence-electron chi connectivity index (χ1n) is 5.96. The average Bonchev–Trinajstić information content (AvgIpc) is 2.69. The molecule has 0 aromatic carbocycles. The molecule has 2 rings (SSSR count). The van der Waals surface area contributed by atoms with Crippen LogP contribution < -0.4 is 5.32 Å². The average molecular weight is 247 g/mol. The first-order valence-corrected chi connectivity index (χ1v) is 5.96. The van der Waals surface area contributed by atoms with Gasteiger partial charge in [0.15, 0.2) is 0 Å². The van der Waals surface area contributed by atoms with E-state index < -0.39 is 0 Å². The van der Waals surface area contributed by atoms with Crippen LogP contribution in [0.1, 0.15) is 35.9 Å². The first kappa shape index (κ1) is 12.5. The zero-order chi connectivity index (χ0) is 13.3. The highest BCUT2D eigenvalue weighted by molar-refractivity contribution is 5.90. The van der Waals surface area contributed by atoms with Crippen molar-refractivity contribution >= 4 is 11.7 Å². The molecule has 2 heterocycles. The van der Waals surface area contributed by atoms with E-state index in [1.165, 1.54) is 0 Å². The highest BCUT2D eigenvalue weighted by Gasteiger charge is 2.14. The standard InChI is InChI=1S/C12H17N5O/c1-7(2)6-13-11(18)10-15-12-14-8(3)5-9(4)17(12)16-10/h5,7H,6H2,1-4H3,(H,13,18). The van der Waals surface area contributed by atoms with E-state index >= 15 is 0 Å². The van der Waals surface area contributed by atoms with Gasteiger partial charge >= 0.3 is 0 Å². The van der Waals surface area contributed by atoms with Crippen molar-refractivity contribution in [2.45, 2.75) is 27.7 Å². The fraction of sp³-hybridized carbons (Fsp3) is 0.500. The predicted octanol–water partition coefficient (Wildman–Crippen LogP) is 1.13. The smallest absolute Gasteiger partial charge is 0.291 e. The van der Waals surface area contributed by atoms with Crippen LogP contribution in [-0.4, -0.2) is 32.0 Å². The number of carbonyl (C=O) groups is 1. The Morgan fingerprint density at radius 1 is 1.39 bits per heavy atom. The minimum atomic E-state index is -0.258. The Hall–Kier alpha value is -1.98.